The highest BCUT2D eigenvalue weighted by Crippen LogP contribution is 2.23. The number of phenols is 1. The lowest BCUT2D eigenvalue weighted by atomic mass is 10.1. The topological polar surface area (TPSA) is 46.9 Å². The molecule has 0 saturated carbocycles. The predicted octanol–water partition coefficient (Wildman–Crippen LogP) is 3.61. The smallest absolute Gasteiger partial charge is 0.115 e. The summed E-state index contributed by atoms with van der Waals surface area (Å²) < 4.78 is 0. The second kappa shape index (κ2) is 8.81. The third-order valence-corrected chi connectivity index (χ3v) is 5.80. The molecule has 1 atom stereocenters. The van der Waals surface area contributed by atoms with Crippen molar-refractivity contribution in [2.24, 2.45) is 0 Å². The minimum Gasteiger partial charge on any atom is -0.508 e. The van der Waals surface area contributed by atoms with Crippen molar-refractivity contribution >= 4 is 11.3 Å². The Bertz CT molecular complexity index is 667. The molecule has 2 N–H and O–H groups in total. The fourth-order valence-electron chi connectivity index (χ4n) is 3.40. The standard InChI is InChI=1S/C20H28N2O2S/c1-2-21(14-20(24)17-6-5-7-18(23)11-17)13-19-10-16(15-25-19)12-22-8-3-4-9-22/h5-7,10-11,15,20,23-24H,2-4,8-9,12-14H2,1H3/t20-/m1/s1. The number of likely N-dealkylation sites (N-methyl/N-ethyl adjacent to an activating group) is 1. The second-order valence-corrected chi connectivity index (χ2v) is 7.84. The normalized spacial score (nSPS) is 16.6. The van der Waals surface area contributed by atoms with Crippen LogP contribution in [0.3, 0.4) is 0 Å². The average Bonchev–Trinajstić information content (AvgIpc) is 3.26. The molecule has 2 heterocycles. The van der Waals surface area contributed by atoms with Crippen molar-refractivity contribution in [3.8, 4) is 5.75 Å². The van der Waals surface area contributed by atoms with Crippen LogP contribution in [0.1, 0.15) is 41.9 Å². The van der Waals surface area contributed by atoms with E-state index < -0.39 is 6.10 Å². The Morgan fingerprint density at radius 2 is 2.04 bits per heavy atom. The summed E-state index contributed by atoms with van der Waals surface area (Å²) in [7, 11) is 0. The first kappa shape index (κ1) is 18.4. The molecule has 1 aliphatic heterocycles. The van der Waals surface area contributed by atoms with Crippen molar-refractivity contribution in [2.75, 3.05) is 26.2 Å². The van der Waals surface area contributed by atoms with Gasteiger partial charge in [0.25, 0.3) is 0 Å². The quantitative estimate of drug-likeness (QED) is 0.755. The largest absolute Gasteiger partial charge is 0.508 e. The van der Waals surface area contributed by atoms with Crippen LogP contribution in [-0.2, 0) is 13.1 Å². The van der Waals surface area contributed by atoms with Crippen molar-refractivity contribution in [1.29, 1.82) is 0 Å². The Kier molecular flexibility index (Phi) is 6.48. The molecular formula is C20H28N2O2S. The van der Waals surface area contributed by atoms with Crippen LogP contribution in [0.4, 0.5) is 0 Å². The molecule has 0 amide bonds. The molecule has 1 saturated heterocycles. The molecule has 0 radical (unpaired) electrons. The van der Waals surface area contributed by atoms with Crippen LogP contribution in [0.25, 0.3) is 0 Å². The summed E-state index contributed by atoms with van der Waals surface area (Å²) in [5.74, 6) is 0.199. The Morgan fingerprint density at radius 1 is 1.24 bits per heavy atom. The lowest BCUT2D eigenvalue weighted by molar-refractivity contribution is 0.112. The van der Waals surface area contributed by atoms with Gasteiger partial charge in [0.2, 0.25) is 0 Å². The van der Waals surface area contributed by atoms with Gasteiger partial charge < -0.3 is 10.2 Å². The van der Waals surface area contributed by atoms with E-state index in [-0.39, 0.29) is 5.75 Å². The van der Waals surface area contributed by atoms with Gasteiger partial charge in [-0.3, -0.25) is 9.80 Å². The zero-order valence-corrected chi connectivity index (χ0v) is 15.7. The summed E-state index contributed by atoms with van der Waals surface area (Å²) in [6.07, 6.45) is 2.07. The lowest BCUT2D eigenvalue weighted by Crippen LogP contribution is -2.27. The van der Waals surface area contributed by atoms with Gasteiger partial charge in [0.05, 0.1) is 6.10 Å². The number of rotatable bonds is 8. The number of phenolic OH excluding ortho intramolecular Hbond substituents is 1. The van der Waals surface area contributed by atoms with Gasteiger partial charge >= 0.3 is 0 Å². The Labute approximate surface area is 154 Å². The predicted molar refractivity (Wildman–Crippen MR) is 103 cm³/mol. The highest BCUT2D eigenvalue weighted by Gasteiger charge is 2.16. The molecule has 3 rings (SSSR count). The van der Waals surface area contributed by atoms with Crippen molar-refractivity contribution in [2.45, 2.75) is 39.0 Å². The summed E-state index contributed by atoms with van der Waals surface area (Å²) in [4.78, 5) is 6.12. The number of benzene rings is 1. The monoisotopic (exact) mass is 360 g/mol. The zero-order valence-electron chi connectivity index (χ0n) is 14.9. The number of aromatic hydroxyl groups is 1. The first-order chi connectivity index (χ1) is 12.1. The van der Waals surface area contributed by atoms with Gasteiger partial charge in [-0.2, -0.15) is 0 Å². The van der Waals surface area contributed by atoms with Crippen molar-refractivity contribution in [3.05, 3.63) is 51.7 Å². The molecule has 1 fully saturated rings. The summed E-state index contributed by atoms with van der Waals surface area (Å²) in [5.41, 5.74) is 2.17. The lowest BCUT2D eigenvalue weighted by Gasteiger charge is -2.23. The maximum absolute atomic E-state index is 10.5. The molecule has 2 aromatic rings. The van der Waals surface area contributed by atoms with E-state index in [2.05, 4.69) is 28.2 Å². The van der Waals surface area contributed by atoms with E-state index in [9.17, 15) is 10.2 Å². The van der Waals surface area contributed by atoms with Gasteiger partial charge in [-0.1, -0.05) is 19.1 Å². The minimum atomic E-state index is -0.587. The SMILES string of the molecule is CCN(Cc1cc(CN2CCCC2)cs1)C[C@@H](O)c1cccc(O)c1. The van der Waals surface area contributed by atoms with Crippen LogP contribution in [0.2, 0.25) is 0 Å². The molecule has 1 aromatic heterocycles. The van der Waals surface area contributed by atoms with Gasteiger partial charge in [-0.15, -0.1) is 11.3 Å². The number of aliphatic hydroxyl groups excluding tert-OH is 1. The van der Waals surface area contributed by atoms with Crippen LogP contribution in [0.15, 0.2) is 35.7 Å². The molecule has 4 nitrogen and oxygen atoms in total. The van der Waals surface area contributed by atoms with Crippen molar-refractivity contribution in [3.63, 3.8) is 0 Å². The van der Waals surface area contributed by atoms with Crippen LogP contribution in [0.5, 0.6) is 5.75 Å². The number of aliphatic hydroxyl groups is 1. The van der Waals surface area contributed by atoms with Crippen LogP contribution in [0, 0.1) is 0 Å². The van der Waals surface area contributed by atoms with E-state index in [1.807, 2.05) is 17.4 Å². The third-order valence-electron chi connectivity index (χ3n) is 4.83. The fourth-order valence-corrected chi connectivity index (χ4v) is 4.32. The van der Waals surface area contributed by atoms with Crippen molar-refractivity contribution in [1.82, 2.24) is 9.80 Å². The molecule has 25 heavy (non-hydrogen) atoms. The Morgan fingerprint density at radius 3 is 2.76 bits per heavy atom. The van der Waals surface area contributed by atoms with E-state index in [1.54, 1.807) is 18.2 Å². The van der Waals surface area contributed by atoms with E-state index in [1.165, 1.54) is 36.4 Å². The Hall–Kier alpha value is -1.40. The van der Waals surface area contributed by atoms with Gasteiger partial charge in [-0.25, -0.2) is 0 Å². The maximum atomic E-state index is 10.5. The minimum absolute atomic E-state index is 0.199. The highest BCUT2D eigenvalue weighted by atomic mass is 32.1. The summed E-state index contributed by atoms with van der Waals surface area (Å²) in [5, 5.41) is 22.3. The number of nitrogens with zero attached hydrogens (tertiary/aromatic N) is 2. The van der Waals surface area contributed by atoms with Crippen molar-refractivity contribution < 1.29 is 10.2 Å². The molecular weight excluding hydrogens is 332 g/mol. The van der Waals surface area contributed by atoms with Crippen LogP contribution < -0.4 is 0 Å². The molecule has 136 valence electrons. The Balaban J connectivity index is 1.55. The molecule has 0 unspecified atom stereocenters. The van der Waals surface area contributed by atoms with Crippen LogP contribution >= 0.6 is 11.3 Å². The number of hydrogen-bond donors (Lipinski definition) is 2. The van der Waals surface area contributed by atoms with E-state index in [0.29, 0.717) is 6.54 Å². The molecule has 0 aliphatic carbocycles. The summed E-state index contributed by atoms with van der Waals surface area (Å²) in [6.45, 7) is 7.94. The van der Waals surface area contributed by atoms with Gasteiger partial charge in [0.15, 0.2) is 0 Å². The van der Waals surface area contributed by atoms with Gasteiger partial charge in [0.1, 0.15) is 5.75 Å². The van der Waals surface area contributed by atoms with Gasteiger partial charge in [-0.05, 0) is 67.2 Å². The maximum Gasteiger partial charge on any atom is 0.115 e. The average molecular weight is 361 g/mol. The zero-order chi connectivity index (χ0) is 17.6. The van der Waals surface area contributed by atoms with Gasteiger partial charge in [0, 0.05) is 24.5 Å². The molecule has 0 spiro atoms. The number of thiophene rings is 1. The molecule has 1 aromatic carbocycles. The number of hydrogen-bond acceptors (Lipinski definition) is 5. The summed E-state index contributed by atoms with van der Waals surface area (Å²) >= 11 is 1.81. The van der Waals surface area contributed by atoms with Crippen LogP contribution in [-0.4, -0.2) is 46.2 Å². The molecule has 1 aliphatic rings. The number of likely N-dealkylation sites (tertiary alicyclic amines) is 1. The third kappa shape index (κ3) is 5.28. The molecule has 5 heteroatoms. The van der Waals surface area contributed by atoms with E-state index in [0.717, 1.165) is 25.2 Å². The van der Waals surface area contributed by atoms with E-state index >= 15 is 0 Å². The van der Waals surface area contributed by atoms with E-state index in [4.69, 9.17) is 0 Å². The fraction of sp³-hybridized carbons (Fsp3) is 0.500. The molecule has 0 bridgehead atoms. The highest BCUT2D eigenvalue weighted by molar-refractivity contribution is 7.10. The summed E-state index contributed by atoms with van der Waals surface area (Å²) in [6, 6.07) is 9.21. The first-order valence-corrected chi connectivity index (χ1v) is 10.00. The first-order valence-electron chi connectivity index (χ1n) is 9.12. The second-order valence-electron chi connectivity index (χ2n) is 6.84.